The Balaban J connectivity index is 0.000000755. The van der Waals surface area contributed by atoms with Crippen molar-refractivity contribution in [2.24, 2.45) is 0 Å². The molecular weight excluding hydrogens is 448 g/mol. The van der Waals surface area contributed by atoms with Crippen LogP contribution in [0.4, 0.5) is 0 Å². The van der Waals surface area contributed by atoms with Gasteiger partial charge in [0.05, 0.1) is 11.4 Å². The van der Waals surface area contributed by atoms with Gasteiger partial charge in [0.25, 0.3) is 0 Å². The molecule has 2 unspecified atom stereocenters. The van der Waals surface area contributed by atoms with Crippen LogP contribution in [-0.4, -0.2) is 42.2 Å². The minimum absolute atomic E-state index is 0.00694. The Labute approximate surface area is 190 Å². The average molecular weight is 483 g/mol. The molecule has 1 aromatic rings. The van der Waals surface area contributed by atoms with Crippen molar-refractivity contribution >= 4 is 20.2 Å². The zero-order chi connectivity index (χ0) is 20.3. The van der Waals surface area contributed by atoms with Gasteiger partial charge in [0.1, 0.15) is 0 Å². The molecule has 29 heavy (non-hydrogen) atoms. The monoisotopic (exact) mass is 482 g/mol. The van der Waals surface area contributed by atoms with Crippen LogP contribution in [0, 0.1) is 0 Å². The minimum Gasteiger partial charge on any atom is -0.311 e. The van der Waals surface area contributed by atoms with Crippen molar-refractivity contribution in [3.05, 3.63) is 29.6 Å². The number of fused-ring (bicyclic) bond motifs is 4. The SMILES string of the molecule is [Cl][Mn][Cl].c1cc2nc(c1)CN[C@H]1CCCCC1NCCN[C@H]1CCCCC1NC2. The van der Waals surface area contributed by atoms with Crippen LogP contribution < -0.4 is 21.3 Å². The van der Waals surface area contributed by atoms with Crippen LogP contribution in [0.15, 0.2) is 18.2 Å². The molecule has 1 aromatic heterocycles. The Morgan fingerprint density at radius 1 is 0.690 bits per heavy atom. The predicted molar refractivity (Wildman–Crippen MR) is 118 cm³/mol. The van der Waals surface area contributed by atoms with Gasteiger partial charge in [-0.1, -0.05) is 31.7 Å². The van der Waals surface area contributed by atoms with Gasteiger partial charge in [0, 0.05) is 50.3 Å². The first kappa shape index (κ1) is 23.7. The minimum atomic E-state index is 0.00694. The molecule has 1 aliphatic heterocycles. The predicted octanol–water partition coefficient (Wildman–Crippen LogP) is 3.45. The zero-order valence-electron chi connectivity index (χ0n) is 17.1. The van der Waals surface area contributed by atoms with Crippen LogP contribution in [0.5, 0.6) is 0 Å². The maximum absolute atomic E-state index is 4.89. The van der Waals surface area contributed by atoms with Gasteiger partial charge in [0.15, 0.2) is 0 Å². The fourth-order valence-corrected chi connectivity index (χ4v) is 4.95. The van der Waals surface area contributed by atoms with Gasteiger partial charge in [-0.25, -0.2) is 0 Å². The standard InChI is InChI=1S/C21H35N5.2ClH.Mn/c1-3-10-20-18(8-1)22-12-13-23-19-9-2-4-11-21(19)25-15-17-7-5-6-16(26-17)14-24-20;;;/h5-7,18-25H,1-4,8-15H2;2*1H;/q;;;+2/p-2/t18-,19?,20?,21-;;;/m0.../s1. The quantitative estimate of drug-likeness (QED) is 0.426. The van der Waals surface area contributed by atoms with E-state index in [4.69, 9.17) is 25.2 Å². The fraction of sp³-hybridized carbons (Fsp3) is 0.762. The molecule has 8 heteroatoms. The number of nitrogens with zero attached hydrogens (tertiary/aromatic N) is 1. The van der Waals surface area contributed by atoms with Crippen LogP contribution in [0.25, 0.3) is 0 Å². The van der Waals surface area contributed by atoms with Crippen molar-refractivity contribution in [1.29, 1.82) is 0 Å². The maximum Gasteiger partial charge on any atom is 0.0545 e. The summed E-state index contributed by atoms with van der Waals surface area (Å²) in [7, 11) is 9.59. The first-order chi connectivity index (χ1) is 14.3. The molecule has 0 radical (unpaired) electrons. The van der Waals surface area contributed by atoms with E-state index in [-0.39, 0.29) is 13.1 Å². The van der Waals surface area contributed by atoms with Gasteiger partial charge in [-0.2, -0.15) is 0 Å². The molecule has 2 fully saturated rings. The van der Waals surface area contributed by atoms with Crippen molar-refractivity contribution in [2.45, 2.75) is 88.6 Å². The Morgan fingerprint density at radius 2 is 1.07 bits per heavy atom. The normalized spacial score (nSPS) is 31.1. The molecule has 5 nitrogen and oxygen atoms in total. The molecule has 4 atom stereocenters. The first-order valence-corrected chi connectivity index (χ1v) is 14.3. The summed E-state index contributed by atoms with van der Waals surface area (Å²) in [6.07, 6.45) is 10.5. The summed E-state index contributed by atoms with van der Waals surface area (Å²) in [5.74, 6) is 0. The molecule has 0 amide bonds. The summed E-state index contributed by atoms with van der Waals surface area (Å²) in [5.41, 5.74) is 2.34. The third kappa shape index (κ3) is 7.93. The van der Waals surface area contributed by atoms with Crippen molar-refractivity contribution in [1.82, 2.24) is 26.3 Å². The fourth-order valence-electron chi connectivity index (χ4n) is 4.95. The number of halogens is 2. The van der Waals surface area contributed by atoms with Crippen LogP contribution in [0.3, 0.4) is 0 Å². The largest absolute Gasteiger partial charge is 0.311 e. The van der Waals surface area contributed by atoms with Crippen molar-refractivity contribution < 1.29 is 13.1 Å². The van der Waals surface area contributed by atoms with Gasteiger partial charge in [-0.05, 0) is 37.8 Å². The van der Waals surface area contributed by atoms with E-state index in [1.165, 1.54) is 62.8 Å². The Kier molecular flexibility index (Phi) is 11.0. The third-order valence-corrected chi connectivity index (χ3v) is 6.43. The van der Waals surface area contributed by atoms with E-state index >= 15 is 0 Å². The third-order valence-electron chi connectivity index (χ3n) is 6.43. The molecule has 0 aromatic carbocycles. The molecule has 2 saturated carbocycles. The van der Waals surface area contributed by atoms with E-state index in [2.05, 4.69) is 39.5 Å². The number of aromatic nitrogens is 1. The van der Waals surface area contributed by atoms with E-state index in [0.29, 0.717) is 24.2 Å². The topological polar surface area (TPSA) is 61.0 Å². The maximum atomic E-state index is 4.89. The molecular formula is C21H35Cl2MnN5. The van der Waals surface area contributed by atoms with Gasteiger partial charge < -0.3 is 21.3 Å². The Bertz CT molecular complexity index is 549. The molecule has 4 N–H and O–H groups in total. The molecule has 2 heterocycles. The zero-order valence-corrected chi connectivity index (χ0v) is 19.8. The van der Waals surface area contributed by atoms with E-state index < -0.39 is 0 Å². The summed E-state index contributed by atoms with van der Waals surface area (Å²) < 4.78 is 0. The van der Waals surface area contributed by atoms with E-state index in [1.54, 1.807) is 0 Å². The average Bonchev–Trinajstić information content (AvgIpc) is 2.76. The summed E-state index contributed by atoms with van der Waals surface area (Å²) in [6.45, 7) is 3.89. The summed E-state index contributed by atoms with van der Waals surface area (Å²) in [6, 6.07) is 8.81. The molecule has 0 saturated heterocycles. The van der Waals surface area contributed by atoms with Crippen molar-refractivity contribution in [2.75, 3.05) is 13.1 Å². The van der Waals surface area contributed by atoms with Crippen LogP contribution in [-0.2, 0) is 26.2 Å². The van der Waals surface area contributed by atoms with E-state index in [0.717, 1.165) is 26.2 Å². The number of hydrogen-bond donors (Lipinski definition) is 4. The van der Waals surface area contributed by atoms with Crippen molar-refractivity contribution in [3.8, 4) is 0 Å². The second-order valence-corrected chi connectivity index (χ2v) is 10.3. The number of pyridine rings is 1. The summed E-state index contributed by atoms with van der Waals surface area (Å²) in [4.78, 5) is 4.89. The van der Waals surface area contributed by atoms with Crippen LogP contribution in [0.2, 0.25) is 0 Å². The van der Waals surface area contributed by atoms with Crippen molar-refractivity contribution in [3.63, 3.8) is 0 Å². The molecule has 3 aliphatic rings. The number of hydrogen-bond acceptors (Lipinski definition) is 5. The second kappa shape index (κ2) is 13.5. The first-order valence-electron chi connectivity index (χ1n) is 11.1. The Morgan fingerprint density at radius 3 is 1.48 bits per heavy atom. The summed E-state index contributed by atoms with van der Waals surface area (Å²) in [5, 5.41) is 15.2. The molecule has 165 valence electrons. The Hall–Kier alpha value is 0.0895. The van der Waals surface area contributed by atoms with Gasteiger partial charge >= 0.3 is 33.3 Å². The molecule has 2 bridgehead atoms. The van der Waals surface area contributed by atoms with Gasteiger partial charge in [-0.3, -0.25) is 4.98 Å². The number of nitrogens with one attached hydrogen (secondary N) is 4. The van der Waals surface area contributed by atoms with E-state index in [9.17, 15) is 0 Å². The molecule has 4 rings (SSSR count). The van der Waals surface area contributed by atoms with Gasteiger partial charge in [0.2, 0.25) is 0 Å². The smallest absolute Gasteiger partial charge is 0.0545 e. The second-order valence-electron chi connectivity index (χ2n) is 8.34. The van der Waals surface area contributed by atoms with Crippen LogP contribution in [0.1, 0.15) is 62.8 Å². The van der Waals surface area contributed by atoms with E-state index in [1.807, 2.05) is 0 Å². The van der Waals surface area contributed by atoms with Crippen LogP contribution >= 0.6 is 20.2 Å². The molecule has 2 aliphatic carbocycles. The summed E-state index contributed by atoms with van der Waals surface area (Å²) >= 11 is 0.00694. The van der Waals surface area contributed by atoms with Gasteiger partial charge in [-0.15, -0.1) is 0 Å². The number of rotatable bonds is 0. The molecule has 0 spiro atoms.